The summed E-state index contributed by atoms with van der Waals surface area (Å²) in [5.41, 5.74) is -1.09. The fourth-order valence-corrected chi connectivity index (χ4v) is 2.45. The van der Waals surface area contributed by atoms with Crippen molar-refractivity contribution in [3.63, 3.8) is 0 Å². The van der Waals surface area contributed by atoms with Crippen LogP contribution in [0.3, 0.4) is 0 Å². The van der Waals surface area contributed by atoms with E-state index in [1.165, 1.54) is 0 Å². The van der Waals surface area contributed by atoms with E-state index >= 15 is 0 Å². The first-order chi connectivity index (χ1) is 8.98. The number of hydrogen-bond donors (Lipinski definition) is 0. The Hall–Kier alpha value is -1.10. The largest absolute Gasteiger partial charge is 0.460 e. The summed E-state index contributed by atoms with van der Waals surface area (Å²) < 4.78 is 10.8. The van der Waals surface area contributed by atoms with Gasteiger partial charge in [-0.1, -0.05) is 6.92 Å². The van der Waals surface area contributed by atoms with Crippen LogP contribution < -0.4 is 0 Å². The van der Waals surface area contributed by atoms with E-state index in [1.54, 1.807) is 0 Å². The van der Waals surface area contributed by atoms with Crippen LogP contribution in [0.25, 0.3) is 0 Å². The lowest BCUT2D eigenvalue weighted by molar-refractivity contribution is -0.191. The smallest absolute Gasteiger partial charge is 0.324 e. The van der Waals surface area contributed by atoms with E-state index in [2.05, 4.69) is 0 Å². The molecule has 2 atom stereocenters. The van der Waals surface area contributed by atoms with Crippen molar-refractivity contribution in [2.75, 3.05) is 6.54 Å². The highest BCUT2D eigenvalue weighted by Gasteiger charge is 2.46. The summed E-state index contributed by atoms with van der Waals surface area (Å²) in [4.78, 5) is 26.1. The predicted molar refractivity (Wildman–Crippen MR) is 76.3 cm³/mol. The zero-order valence-corrected chi connectivity index (χ0v) is 13.6. The number of carbonyl (C=O) groups is 2. The third kappa shape index (κ3) is 3.95. The average molecular weight is 285 g/mol. The van der Waals surface area contributed by atoms with E-state index in [0.717, 1.165) is 0 Å². The van der Waals surface area contributed by atoms with E-state index in [1.807, 2.05) is 53.4 Å². The Morgan fingerprint density at radius 1 is 1.40 bits per heavy atom. The molecule has 1 aliphatic rings. The minimum Gasteiger partial charge on any atom is -0.460 e. The number of esters is 2. The van der Waals surface area contributed by atoms with Crippen LogP contribution in [0, 0.1) is 0 Å². The van der Waals surface area contributed by atoms with Gasteiger partial charge in [0.05, 0.1) is 6.42 Å². The van der Waals surface area contributed by atoms with Gasteiger partial charge < -0.3 is 9.47 Å². The van der Waals surface area contributed by atoms with Crippen LogP contribution in [0.1, 0.15) is 54.9 Å². The predicted octanol–water partition coefficient (Wildman–Crippen LogP) is 2.13. The Morgan fingerprint density at radius 3 is 2.40 bits per heavy atom. The molecule has 20 heavy (non-hydrogen) atoms. The Bertz CT molecular complexity index is 384. The maximum Gasteiger partial charge on any atom is 0.324 e. The summed E-state index contributed by atoms with van der Waals surface area (Å²) in [5.74, 6) is -0.717. The van der Waals surface area contributed by atoms with Crippen LogP contribution in [-0.2, 0) is 19.1 Å². The van der Waals surface area contributed by atoms with E-state index in [9.17, 15) is 9.59 Å². The summed E-state index contributed by atoms with van der Waals surface area (Å²) in [6, 6.07) is -0.504. The Labute approximate surface area is 121 Å². The molecule has 1 aliphatic heterocycles. The molecule has 0 N–H and O–H groups in total. The molecule has 2 unspecified atom stereocenters. The Morgan fingerprint density at radius 2 is 1.95 bits per heavy atom. The first-order valence-electron chi connectivity index (χ1n) is 7.18. The zero-order valence-electron chi connectivity index (χ0n) is 13.6. The topological polar surface area (TPSA) is 55.8 Å². The third-order valence-electron chi connectivity index (χ3n) is 3.68. The van der Waals surface area contributed by atoms with Crippen LogP contribution >= 0.6 is 0 Å². The number of cyclic esters (lactones) is 1. The first-order valence-corrected chi connectivity index (χ1v) is 7.18. The van der Waals surface area contributed by atoms with Crippen molar-refractivity contribution in [3.8, 4) is 0 Å². The van der Waals surface area contributed by atoms with Gasteiger partial charge in [-0.2, -0.15) is 0 Å². The molecule has 1 fully saturated rings. The lowest BCUT2D eigenvalue weighted by Crippen LogP contribution is -2.62. The van der Waals surface area contributed by atoms with Gasteiger partial charge >= 0.3 is 11.9 Å². The van der Waals surface area contributed by atoms with Gasteiger partial charge in [-0.25, -0.2) is 0 Å². The molecule has 0 amide bonds. The van der Waals surface area contributed by atoms with Crippen LogP contribution in [0.4, 0.5) is 0 Å². The molecular weight excluding hydrogens is 258 g/mol. The summed E-state index contributed by atoms with van der Waals surface area (Å²) in [6.07, 6.45) is 0.0321. The molecule has 1 heterocycles. The van der Waals surface area contributed by atoms with Crippen LogP contribution in [0.2, 0.25) is 0 Å². The molecule has 5 heteroatoms. The molecule has 1 saturated heterocycles. The molecule has 0 aromatic heterocycles. The van der Waals surface area contributed by atoms with Gasteiger partial charge in [0.2, 0.25) is 0 Å². The van der Waals surface area contributed by atoms with Gasteiger partial charge in [0.1, 0.15) is 17.2 Å². The van der Waals surface area contributed by atoms with Crippen molar-refractivity contribution in [2.45, 2.75) is 78.2 Å². The van der Waals surface area contributed by atoms with Crippen LogP contribution in [0.5, 0.6) is 0 Å². The lowest BCUT2D eigenvalue weighted by Gasteiger charge is -2.47. The highest BCUT2D eigenvalue weighted by Crippen LogP contribution is 2.30. The molecule has 0 saturated carbocycles. The highest BCUT2D eigenvalue weighted by atomic mass is 16.6. The van der Waals surface area contributed by atoms with Crippen molar-refractivity contribution in [3.05, 3.63) is 0 Å². The standard InChI is InChI=1S/C15H27NO4/c1-8-16-10(2)15(6,7)20-13(18)11(16)9-12(17)19-14(3,4)5/h10-11H,8-9H2,1-7H3. The Kier molecular flexibility index (Phi) is 4.85. The number of carbonyl (C=O) groups excluding carboxylic acids is 2. The van der Waals surface area contributed by atoms with Gasteiger partial charge in [-0.3, -0.25) is 14.5 Å². The van der Waals surface area contributed by atoms with Crippen molar-refractivity contribution in [1.29, 1.82) is 0 Å². The fourth-order valence-electron chi connectivity index (χ4n) is 2.45. The average Bonchev–Trinajstić information content (AvgIpc) is 2.23. The van der Waals surface area contributed by atoms with Gasteiger partial charge in [0, 0.05) is 6.04 Å². The van der Waals surface area contributed by atoms with Crippen molar-refractivity contribution >= 4 is 11.9 Å². The number of nitrogens with zero attached hydrogens (tertiary/aromatic N) is 1. The van der Waals surface area contributed by atoms with E-state index in [4.69, 9.17) is 9.47 Å². The second kappa shape index (κ2) is 5.72. The molecule has 5 nitrogen and oxygen atoms in total. The lowest BCUT2D eigenvalue weighted by atomic mass is 9.93. The van der Waals surface area contributed by atoms with Crippen LogP contribution in [0.15, 0.2) is 0 Å². The summed E-state index contributed by atoms with van der Waals surface area (Å²) in [5, 5.41) is 0. The van der Waals surface area contributed by atoms with Gasteiger partial charge in [-0.05, 0) is 48.1 Å². The fraction of sp³-hybridized carbons (Fsp3) is 0.867. The summed E-state index contributed by atoms with van der Waals surface area (Å²) >= 11 is 0. The molecule has 0 spiro atoms. The van der Waals surface area contributed by atoms with E-state index in [-0.39, 0.29) is 24.4 Å². The third-order valence-corrected chi connectivity index (χ3v) is 3.68. The first kappa shape index (κ1) is 17.0. The second-order valence-electron chi connectivity index (χ2n) is 6.84. The second-order valence-corrected chi connectivity index (χ2v) is 6.84. The van der Waals surface area contributed by atoms with E-state index in [0.29, 0.717) is 6.54 Å². The summed E-state index contributed by atoms with van der Waals surface area (Å²) in [6.45, 7) is 13.9. The molecule has 0 aromatic rings. The maximum absolute atomic E-state index is 12.2. The molecule has 0 radical (unpaired) electrons. The number of morpholine rings is 1. The highest BCUT2D eigenvalue weighted by molar-refractivity contribution is 5.83. The quantitative estimate of drug-likeness (QED) is 0.744. The molecule has 0 aromatic carbocycles. The number of hydrogen-bond acceptors (Lipinski definition) is 5. The normalized spacial score (nSPS) is 27.1. The minimum atomic E-state index is -0.558. The Balaban J connectivity index is 2.83. The number of rotatable bonds is 3. The molecule has 0 bridgehead atoms. The molecule has 0 aliphatic carbocycles. The molecular formula is C15H27NO4. The molecule has 1 rings (SSSR count). The minimum absolute atomic E-state index is 0.0321. The maximum atomic E-state index is 12.2. The van der Waals surface area contributed by atoms with Crippen molar-refractivity contribution in [2.24, 2.45) is 0 Å². The number of likely N-dealkylation sites (N-methyl/N-ethyl adjacent to an activating group) is 1. The van der Waals surface area contributed by atoms with Crippen molar-refractivity contribution in [1.82, 2.24) is 4.90 Å². The monoisotopic (exact) mass is 285 g/mol. The zero-order chi connectivity index (χ0) is 15.7. The SMILES string of the molecule is CCN1C(CC(=O)OC(C)(C)C)C(=O)OC(C)(C)C1C. The molecule has 116 valence electrons. The van der Waals surface area contributed by atoms with Crippen molar-refractivity contribution < 1.29 is 19.1 Å². The summed E-state index contributed by atoms with van der Waals surface area (Å²) in [7, 11) is 0. The van der Waals surface area contributed by atoms with E-state index < -0.39 is 17.2 Å². The van der Waals surface area contributed by atoms with Gasteiger partial charge in [0.25, 0.3) is 0 Å². The van der Waals surface area contributed by atoms with Crippen LogP contribution in [-0.4, -0.2) is 46.7 Å². The van der Waals surface area contributed by atoms with Gasteiger partial charge in [-0.15, -0.1) is 0 Å². The number of ether oxygens (including phenoxy) is 2. The van der Waals surface area contributed by atoms with Gasteiger partial charge in [0.15, 0.2) is 0 Å².